The molecule has 0 spiro atoms. The van der Waals surface area contributed by atoms with E-state index in [9.17, 15) is 0 Å². The van der Waals surface area contributed by atoms with Crippen molar-refractivity contribution in [2.45, 2.75) is 65.6 Å². The van der Waals surface area contributed by atoms with Gasteiger partial charge in [-0.2, -0.15) is 0 Å². The Morgan fingerprint density at radius 2 is 1.85 bits per heavy atom. The maximum atomic E-state index is 3.67. The van der Waals surface area contributed by atoms with E-state index in [1.165, 1.54) is 36.1 Å². The van der Waals surface area contributed by atoms with Crippen LogP contribution < -0.4 is 5.32 Å². The normalized spacial score (nSPS) is 20.6. The first kappa shape index (κ1) is 15.5. The van der Waals surface area contributed by atoms with Crippen LogP contribution in [0, 0.1) is 13.8 Å². The molecule has 0 radical (unpaired) electrons. The molecule has 1 aliphatic rings. The largest absolute Gasteiger partial charge is 0.311 e. The minimum absolute atomic E-state index is 0.215. The summed E-state index contributed by atoms with van der Waals surface area (Å²) in [5, 5.41) is 3.67. The second-order valence-electron chi connectivity index (χ2n) is 7.27. The molecule has 1 unspecified atom stereocenters. The molecule has 1 atom stereocenters. The van der Waals surface area contributed by atoms with Gasteiger partial charge in [0.1, 0.15) is 0 Å². The van der Waals surface area contributed by atoms with Gasteiger partial charge in [0.2, 0.25) is 0 Å². The summed E-state index contributed by atoms with van der Waals surface area (Å²) < 4.78 is 0. The van der Waals surface area contributed by atoms with Gasteiger partial charge in [-0.25, -0.2) is 0 Å². The van der Waals surface area contributed by atoms with Crippen molar-refractivity contribution in [1.29, 1.82) is 0 Å². The highest BCUT2D eigenvalue weighted by molar-refractivity contribution is 5.33. The van der Waals surface area contributed by atoms with Crippen molar-refractivity contribution in [1.82, 2.24) is 10.2 Å². The molecule has 0 saturated carbocycles. The van der Waals surface area contributed by atoms with Gasteiger partial charge in [-0.3, -0.25) is 4.90 Å². The number of likely N-dealkylation sites (tertiary alicyclic amines) is 1. The molecule has 2 heteroatoms. The summed E-state index contributed by atoms with van der Waals surface area (Å²) >= 11 is 0. The van der Waals surface area contributed by atoms with Gasteiger partial charge in [0, 0.05) is 24.7 Å². The van der Waals surface area contributed by atoms with E-state index in [1.54, 1.807) is 0 Å². The molecular weight excluding hydrogens is 244 g/mol. The van der Waals surface area contributed by atoms with E-state index >= 15 is 0 Å². The van der Waals surface area contributed by atoms with E-state index in [2.05, 4.69) is 63.0 Å². The van der Waals surface area contributed by atoms with Crippen LogP contribution >= 0.6 is 0 Å². The zero-order valence-electron chi connectivity index (χ0n) is 13.8. The number of hydrogen-bond donors (Lipinski definition) is 1. The Hall–Kier alpha value is -0.860. The Kier molecular flexibility index (Phi) is 4.87. The Labute approximate surface area is 124 Å². The fourth-order valence-corrected chi connectivity index (χ4v) is 3.06. The molecule has 112 valence electrons. The van der Waals surface area contributed by atoms with Crippen molar-refractivity contribution < 1.29 is 0 Å². The first-order valence-corrected chi connectivity index (χ1v) is 7.91. The summed E-state index contributed by atoms with van der Waals surface area (Å²) in [5.74, 6) is 0. The summed E-state index contributed by atoms with van der Waals surface area (Å²) in [6, 6.07) is 7.33. The number of hydrogen-bond acceptors (Lipinski definition) is 2. The summed E-state index contributed by atoms with van der Waals surface area (Å²) in [4.78, 5) is 2.66. The molecule has 0 aromatic heterocycles. The molecular formula is C18H30N2. The summed E-state index contributed by atoms with van der Waals surface area (Å²) in [7, 11) is 0. The minimum Gasteiger partial charge on any atom is -0.311 e. The molecule has 1 N–H and O–H groups in total. The monoisotopic (exact) mass is 274 g/mol. The van der Waals surface area contributed by atoms with Crippen molar-refractivity contribution in [3.63, 3.8) is 0 Å². The van der Waals surface area contributed by atoms with Gasteiger partial charge in [0.15, 0.2) is 0 Å². The van der Waals surface area contributed by atoms with Gasteiger partial charge in [-0.15, -0.1) is 0 Å². The summed E-state index contributed by atoms with van der Waals surface area (Å²) in [6.45, 7) is 14.7. The zero-order valence-corrected chi connectivity index (χ0v) is 13.8. The highest BCUT2D eigenvalue weighted by Crippen LogP contribution is 2.23. The average molecular weight is 274 g/mol. The summed E-state index contributed by atoms with van der Waals surface area (Å²) in [5.41, 5.74) is 4.60. The first-order chi connectivity index (χ1) is 9.37. The molecule has 2 rings (SSSR count). The molecule has 1 saturated heterocycles. The molecule has 1 aromatic rings. The van der Waals surface area contributed by atoms with Crippen LogP contribution in [0.5, 0.6) is 0 Å². The van der Waals surface area contributed by atoms with Gasteiger partial charge < -0.3 is 5.32 Å². The van der Waals surface area contributed by atoms with E-state index in [1.807, 2.05) is 0 Å². The van der Waals surface area contributed by atoms with E-state index < -0.39 is 0 Å². The van der Waals surface area contributed by atoms with Crippen LogP contribution in [-0.2, 0) is 6.54 Å². The Balaban J connectivity index is 2.01. The fraction of sp³-hybridized carbons (Fsp3) is 0.667. The fourth-order valence-electron chi connectivity index (χ4n) is 3.06. The third-order valence-electron chi connectivity index (χ3n) is 4.37. The molecule has 0 bridgehead atoms. The molecule has 2 nitrogen and oxygen atoms in total. The topological polar surface area (TPSA) is 15.3 Å². The van der Waals surface area contributed by atoms with Crippen molar-refractivity contribution in [3.8, 4) is 0 Å². The van der Waals surface area contributed by atoms with Crippen LogP contribution in [0.4, 0.5) is 0 Å². The van der Waals surface area contributed by atoms with E-state index in [0.29, 0.717) is 6.04 Å². The van der Waals surface area contributed by atoms with Crippen LogP contribution in [0.15, 0.2) is 18.2 Å². The Morgan fingerprint density at radius 1 is 1.20 bits per heavy atom. The van der Waals surface area contributed by atoms with E-state index in [-0.39, 0.29) is 5.54 Å². The number of nitrogens with one attached hydrogen (secondary N) is 1. The van der Waals surface area contributed by atoms with Crippen LogP contribution in [0.1, 0.15) is 50.3 Å². The van der Waals surface area contributed by atoms with E-state index in [4.69, 9.17) is 0 Å². The SMILES string of the molecule is Cc1cccc(C)c1CN1CCCC1CNC(C)(C)C. The Morgan fingerprint density at radius 3 is 2.45 bits per heavy atom. The smallest absolute Gasteiger partial charge is 0.0242 e. The van der Waals surface area contributed by atoms with Crippen LogP contribution in [0.25, 0.3) is 0 Å². The number of benzene rings is 1. The van der Waals surface area contributed by atoms with Crippen molar-refractivity contribution in [2.24, 2.45) is 0 Å². The predicted molar refractivity (Wildman–Crippen MR) is 87.1 cm³/mol. The number of aryl methyl sites for hydroxylation is 2. The van der Waals surface area contributed by atoms with E-state index in [0.717, 1.165) is 13.1 Å². The van der Waals surface area contributed by atoms with Crippen molar-refractivity contribution in [2.75, 3.05) is 13.1 Å². The lowest BCUT2D eigenvalue weighted by Gasteiger charge is -2.29. The maximum Gasteiger partial charge on any atom is 0.0242 e. The molecule has 0 aliphatic carbocycles. The second-order valence-corrected chi connectivity index (χ2v) is 7.27. The lowest BCUT2D eigenvalue weighted by molar-refractivity contribution is 0.225. The highest BCUT2D eigenvalue weighted by atomic mass is 15.2. The van der Waals surface area contributed by atoms with Gasteiger partial charge in [0.25, 0.3) is 0 Å². The second kappa shape index (κ2) is 6.28. The predicted octanol–water partition coefficient (Wildman–Crippen LogP) is 3.66. The van der Waals surface area contributed by atoms with Crippen molar-refractivity contribution >= 4 is 0 Å². The van der Waals surface area contributed by atoms with Crippen molar-refractivity contribution in [3.05, 3.63) is 34.9 Å². The van der Waals surface area contributed by atoms with Crippen LogP contribution in [0.2, 0.25) is 0 Å². The lowest BCUT2D eigenvalue weighted by Crippen LogP contribution is -2.45. The molecule has 1 fully saturated rings. The third-order valence-corrected chi connectivity index (χ3v) is 4.37. The highest BCUT2D eigenvalue weighted by Gasteiger charge is 2.26. The maximum absolute atomic E-state index is 3.67. The standard InChI is InChI=1S/C18H30N2/c1-14-8-6-9-15(2)17(14)13-20-11-7-10-16(20)12-19-18(3,4)5/h6,8-9,16,19H,7,10-13H2,1-5H3. The van der Waals surface area contributed by atoms with Crippen LogP contribution in [0.3, 0.4) is 0 Å². The summed E-state index contributed by atoms with van der Waals surface area (Å²) in [6.07, 6.45) is 2.66. The van der Waals surface area contributed by atoms with Gasteiger partial charge >= 0.3 is 0 Å². The lowest BCUT2D eigenvalue weighted by atomic mass is 10.0. The van der Waals surface area contributed by atoms with Gasteiger partial charge in [-0.05, 0) is 70.7 Å². The molecule has 1 aromatic carbocycles. The van der Waals surface area contributed by atoms with Gasteiger partial charge in [0.05, 0.1) is 0 Å². The first-order valence-electron chi connectivity index (χ1n) is 7.91. The quantitative estimate of drug-likeness (QED) is 0.901. The molecule has 20 heavy (non-hydrogen) atoms. The average Bonchev–Trinajstić information content (AvgIpc) is 2.78. The zero-order chi connectivity index (χ0) is 14.8. The van der Waals surface area contributed by atoms with Gasteiger partial charge in [-0.1, -0.05) is 18.2 Å². The number of rotatable bonds is 4. The molecule has 0 amide bonds. The Bertz CT molecular complexity index is 425. The molecule has 1 heterocycles. The minimum atomic E-state index is 0.215. The third kappa shape index (κ3) is 4.07. The molecule has 1 aliphatic heterocycles. The van der Waals surface area contributed by atoms with Crippen LogP contribution in [-0.4, -0.2) is 29.6 Å². The number of nitrogens with zero attached hydrogens (tertiary/aromatic N) is 1.